The van der Waals surface area contributed by atoms with Crippen LogP contribution in [-0.4, -0.2) is 13.2 Å². The SMILES string of the molecule is ClCc1ccc2c(c1Cl)OCCO2. The van der Waals surface area contributed by atoms with Gasteiger partial charge in [0.1, 0.15) is 13.2 Å². The van der Waals surface area contributed by atoms with Gasteiger partial charge >= 0.3 is 0 Å². The molecule has 1 aliphatic heterocycles. The monoisotopic (exact) mass is 218 g/mol. The van der Waals surface area contributed by atoms with Crippen LogP contribution in [0.15, 0.2) is 12.1 Å². The molecule has 0 atom stereocenters. The number of alkyl halides is 1. The standard InChI is InChI=1S/C9H8Cl2O2/c10-5-6-1-2-7-9(8(6)11)13-4-3-12-7/h1-2H,3-5H2. The summed E-state index contributed by atoms with van der Waals surface area (Å²) in [4.78, 5) is 0. The Bertz CT molecular complexity index is 326. The largest absolute Gasteiger partial charge is 0.486 e. The van der Waals surface area contributed by atoms with Gasteiger partial charge in [0.25, 0.3) is 0 Å². The molecule has 1 aromatic carbocycles. The molecule has 0 bridgehead atoms. The highest BCUT2D eigenvalue weighted by atomic mass is 35.5. The Morgan fingerprint density at radius 1 is 1.23 bits per heavy atom. The zero-order chi connectivity index (χ0) is 9.26. The van der Waals surface area contributed by atoms with E-state index in [0.717, 1.165) is 5.56 Å². The molecule has 1 aromatic rings. The number of ether oxygens (including phenoxy) is 2. The van der Waals surface area contributed by atoms with Crippen LogP contribution in [0.3, 0.4) is 0 Å². The molecule has 0 N–H and O–H groups in total. The third-order valence-corrected chi connectivity index (χ3v) is 2.57. The summed E-state index contributed by atoms with van der Waals surface area (Å²) in [6.07, 6.45) is 0. The van der Waals surface area contributed by atoms with Gasteiger partial charge in [-0.25, -0.2) is 0 Å². The molecular weight excluding hydrogens is 211 g/mol. The van der Waals surface area contributed by atoms with Gasteiger partial charge in [0.15, 0.2) is 11.5 Å². The van der Waals surface area contributed by atoms with Gasteiger partial charge in [0, 0.05) is 5.88 Å². The molecule has 0 aromatic heterocycles. The van der Waals surface area contributed by atoms with E-state index in [0.29, 0.717) is 35.6 Å². The fourth-order valence-corrected chi connectivity index (χ4v) is 1.79. The van der Waals surface area contributed by atoms with Crippen molar-refractivity contribution in [3.8, 4) is 11.5 Å². The average Bonchev–Trinajstić information content (AvgIpc) is 2.19. The second-order valence-electron chi connectivity index (χ2n) is 2.70. The van der Waals surface area contributed by atoms with Gasteiger partial charge in [-0.15, -0.1) is 11.6 Å². The van der Waals surface area contributed by atoms with E-state index >= 15 is 0 Å². The smallest absolute Gasteiger partial charge is 0.180 e. The highest BCUT2D eigenvalue weighted by molar-refractivity contribution is 6.34. The molecule has 4 heteroatoms. The molecule has 1 heterocycles. The number of benzene rings is 1. The molecule has 2 nitrogen and oxygen atoms in total. The zero-order valence-electron chi connectivity index (χ0n) is 6.85. The van der Waals surface area contributed by atoms with Gasteiger partial charge in [0.05, 0.1) is 5.02 Å². The lowest BCUT2D eigenvalue weighted by Crippen LogP contribution is -2.15. The van der Waals surface area contributed by atoms with Crippen molar-refractivity contribution in [1.29, 1.82) is 0 Å². The number of hydrogen-bond acceptors (Lipinski definition) is 2. The quantitative estimate of drug-likeness (QED) is 0.676. The zero-order valence-corrected chi connectivity index (χ0v) is 8.36. The fraction of sp³-hybridized carbons (Fsp3) is 0.333. The van der Waals surface area contributed by atoms with Crippen LogP contribution < -0.4 is 9.47 Å². The number of hydrogen-bond donors (Lipinski definition) is 0. The van der Waals surface area contributed by atoms with Crippen LogP contribution in [0.2, 0.25) is 5.02 Å². The van der Waals surface area contributed by atoms with Crippen molar-refractivity contribution in [2.24, 2.45) is 0 Å². The van der Waals surface area contributed by atoms with Crippen LogP contribution in [0.25, 0.3) is 0 Å². The third kappa shape index (κ3) is 1.56. The molecule has 0 fully saturated rings. The first kappa shape index (κ1) is 8.97. The summed E-state index contributed by atoms with van der Waals surface area (Å²) in [6.45, 7) is 1.11. The molecule has 0 saturated heterocycles. The van der Waals surface area contributed by atoms with Crippen molar-refractivity contribution in [1.82, 2.24) is 0 Å². The summed E-state index contributed by atoms with van der Waals surface area (Å²) in [5.41, 5.74) is 0.868. The summed E-state index contributed by atoms with van der Waals surface area (Å²) in [5, 5.41) is 0.562. The van der Waals surface area contributed by atoms with Crippen molar-refractivity contribution in [2.75, 3.05) is 13.2 Å². The van der Waals surface area contributed by atoms with Gasteiger partial charge in [0.2, 0.25) is 0 Å². The lowest BCUT2D eigenvalue weighted by atomic mass is 10.2. The molecular formula is C9H8Cl2O2. The fourth-order valence-electron chi connectivity index (χ4n) is 1.23. The summed E-state index contributed by atoms with van der Waals surface area (Å²) >= 11 is 11.7. The molecule has 0 spiro atoms. The molecule has 0 radical (unpaired) electrons. The summed E-state index contributed by atoms with van der Waals surface area (Å²) in [5.74, 6) is 1.70. The van der Waals surface area contributed by atoms with Crippen LogP contribution >= 0.6 is 23.2 Å². The molecule has 0 aliphatic carbocycles. The topological polar surface area (TPSA) is 18.5 Å². The van der Waals surface area contributed by atoms with Gasteiger partial charge < -0.3 is 9.47 Å². The summed E-state index contributed by atoms with van der Waals surface area (Å²) in [7, 11) is 0. The van der Waals surface area contributed by atoms with E-state index in [1.165, 1.54) is 0 Å². The minimum atomic E-state index is 0.384. The average molecular weight is 219 g/mol. The Hall–Kier alpha value is -0.600. The van der Waals surface area contributed by atoms with Crippen molar-refractivity contribution in [3.63, 3.8) is 0 Å². The maximum Gasteiger partial charge on any atom is 0.180 e. The second-order valence-corrected chi connectivity index (χ2v) is 3.34. The molecule has 0 amide bonds. The van der Waals surface area contributed by atoms with Crippen molar-refractivity contribution in [2.45, 2.75) is 5.88 Å². The summed E-state index contributed by atoms with van der Waals surface area (Å²) < 4.78 is 10.7. The van der Waals surface area contributed by atoms with E-state index in [9.17, 15) is 0 Å². The number of fused-ring (bicyclic) bond motifs is 1. The Labute approximate surface area is 86.4 Å². The Morgan fingerprint density at radius 2 is 2.00 bits per heavy atom. The molecule has 0 unspecified atom stereocenters. The first-order valence-electron chi connectivity index (χ1n) is 3.96. The van der Waals surface area contributed by atoms with Gasteiger partial charge in [-0.1, -0.05) is 17.7 Å². The van der Waals surface area contributed by atoms with Crippen molar-refractivity contribution >= 4 is 23.2 Å². The lowest BCUT2D eigenvalue weighted by Gasteiger charge is -2.20. The van der Waals surface area contributed by atoms with E-state index in [4.69, 9.17) is 32.7 Å². The summed E-state index contributed by atoms with van der Waals surface area (Å²) in [6, 6.07) is 3.68. The predicted octanol–water partition coefficient (Wildman–Crippen LogP) is 2.85. The first-order chi connectivity index (χ1) is 6.33. The van der Waals surface area contributed by atoms with Crippen LogP contribution in [0, 0.1) is 0 Å². The van der Waals surface area contributed by atoms with E-state index < -0.39 is 0 Å². The number of rotatable bonds is 1. The van der Waals surface area contributed by atoms with Gasteiger partial charge in [-0.3, -0.25) is 0 Å². The van der Waals surface area contributed by atoms with Crippen LogP contribution in [0.1, 0.15) is 5.56 Å². The van der Waals surface area contributed by atoms with Gasteiger partial charge in [-0.05, 0) is 11.6 Å². The van der Waals surface area contributed by atoms with E-state index in [2.05, 4.69) is 0 Å². The van der Waals surface area contributed by atoms with Crippen LogP contribution in [-0.2, 0) is 5.88 Å². The third-order valence-electron chi connectivity index (χ3n) is 1.87. The van der Waals surface area contributed by atoms with E-state index in [1.807, 2.05) is 12.1 Å². The highest BCUT2D eigenvalue weighted by Crippen LogP contribution is 2.39. The Balaban J connectivity index is 2.48. The highest BCUT2D eigenvalue weighted by Gasteiger charge is 2.17. The van der Waals surface area contributed by atoms with Crippen molar-refractivity contribution < 1.29 is 9.47 Å². The van der Waals surface area contributed by atoms with Crippen molar-refractivity contribution in [3.05, 3.63) is 22.7 Å². The minimum Gasteiger partial charge on any atom is -0.486 e. The minimum absolute atomic E-state index is 0.384. The maximum atomic E-state index is 6.04. The van der Waals surface area contributed by atoms with E-state index in [1.54, 1.807) is 0 Å². The van der Waals surface area contributed by atoms with Crippen LogP contribution in [0.5, 0.6) is 11.5 Å². The normalized spacial score (nSPS) is 14.3. The Morgan fingerprint density at radius 3 is 2.77 bits per heavy atom. The first-order valence-corrected chi connectivity index (χ1v) is 4.87. The second kappa shape index (κ2) is 3.64. The van der Waals surface area contributed by atoms with E-state index in [-0.39, 0.29) is 0 Å². The van der Waals surface area contributed by atoms with Crippen LogP contribution in [0.4, 0.5) is 0 Å². The molecule has 13 heavy (non-hydrogen) atoms. The molecule has 70 valence electrons. The number of halogens is 2. The predicted molar refractivity (Wildman–Crippen MR) is 52.0 cm³/mol. The molecule has 1 aliphatic rings. The molecule has 0 saturated carbocycles. The maximum absolute atomic E-state index is 6.04. The Kier molecular flexibility index (Phi) is 2.51. The lowest BCUT2D eigenvalue weighted by molar-refractivity contribution is 0.171. The van der Waals surface area contributed by atoms with Gasteiger partial charge in [-0.2, -0.15) is 0 Å². The molecule has 2 rings (SSSR count).